The molecule has 0 unspecified atom stereocenters. The van der Waals surface area contributed by atoms with Gasteiger partial charge < -0.3 is 9.88 Å². The second-order valence-corrected chi connectivity index (χ2v) is 5.80. The molecule has 0 aromatic carbocycles. The molecule has 0 bridgehead atoms. The van der Waals surface area contributed by atoms with E-state index in [0.29, 0.717) is 0 Å². The predicted molar refractivity (Wildman–Crippen MR) is 83.3 cm³/mol. The molecule has 0 aliphatic carbocycles. The maximum absolute atomic E-state index is 4.70. The fraction of sp³-hybridized carbons (Fsp3) is 0.625. The molecule has 1 saturated heterocycles. The van der Waals surface area contributed by atoms with Crippen LogP contribution in [0.2, 0.25) is 0 Å². The summed E-state index contributed by atoms with van der Waals surface area (Å²) in [6.45, 7) is 6.46. The quantitative estimate of drug-likeness (QED) is 0.925. The van der Waals surface area contributed by atoms with E-state index in [-0.39, 0.29) is 0 Å². The van der Waals surface area contributed by atoms with Crippen LogP contribution in [0.4, 0.5) is 5.82 Å². The zero-order valence-corrected chi connectivity index (χ0v) is 12.6. The summed E-state index contributed by atoms with van der Waals surface area (Å²) in [6, 6.07) is 2.20. The van der Waals surface area contributed by atoms with Crippen LogP contribution in [0.25, 0.3) is 11.0 Å². The van der Waals surface area contributed by atoms with Gasteiger partial charge in [0.2, 0.25) is 0 Å². The molecule has 20 heavy (non-hydrogen) atoms. The molecule has 3 heterocycles. The number of aromatic amines is 1. The smallest absolute Gasteiger partial charge is 0.156 e. The molecule has 1 fully saturated rings. The van der Waals surface area contributed by atoms with Gasteiger partial charge in [-0.1, -0.05) is 13.3 Å². The number of rotatable bonds is 4. The van der Waals surface area contributed by atoms with Crippen molar-refractivity contribution in [2.75, 3.05) is 18.0 Å². The number of H-pyrrole nitrogens is 1. The van der Waals surface area contributed by atoms with Crippen LogP contribution in [-0.4, -0.2) is 28.0 Å². The van der Waals surface area contributed by atoms with Crippen molar-refractivity contribution in [3.05, 3.63) is 17.6 Å². The highest BCUT2D eigenvalue weighted by molar-refractivity contribution is 5.87. The summed E-state index contributed by atoms with van der Waals surface area (Å²) in [5, 5.41) is 0. The first-order valence-electron chi connectivity index (χ1n) is 7.89. The maximum Gasteiger partial charge on any atom is 0.156 e. The second kappa shape index (κ2) is 5.81. The molecule has 1 aliphatic rings. The van der Waals surface area contributed by atoms with Crippen molar-refractivity contribution >= 4 is 16.9 Å². The van der Waals surface area contributed by atoms with Gasteiger partial charge in [0, 0.05) is 18.8 Å². The second-order valence-electron chi connectivity index (χ2n) is 5.80. The molecule has 108 valence electrons. The van der Waals surface area contributed by atoms with E-state index in [0.717, 1.165) is 42.2 Å². The number of unbranched alkanes of at least 4 members (excludes halogenated alkanes) is 1. The minimum Gasteiger partial charge on any atom is -0.355 e. The molecule has 0 amide bonds. The van der Waals surface area contributed by atoms with Gasteiger partial charge >= 0.3 is 0 Å². The largest absolute Gasteiger partial charge is 0.355 e. The van der Waals surface area contributed by atoms with Gasteiger partial charge in [0.15, 0.2) is 5.82 Å². The maximum atomic E-state index is 4.70. The van der Waals surface area contributed by atoms with Crippen molar-refractivity contribution in [3.63, 3.8) is 0 Å². The highest BCUT2D eigenvalue weighted by atomic mass is 15.2. The monoisotopic (exact) mass is 272 g/mol. The number of aryl methyl sites for hydroxylation is 2. The molecule has 0 atom stereocenters. The summed E-state index contributed by atoms with van der Waals surface area (Å²) >= 11 is 0. The standard InChI is InChI=1S/C16H24N4/c1-3-4-8-13-11-14-15(19-13)16(18-12(2)17-14)20-9-6-5-7-10-20/h11,19H,3-10H2,1-2H3. The lowest BCUT2D eigenvalue weighted by atomic mass is 10.1. The molecule has 2 aromatic rings. The zero-order valence-electron chi connectivity index (χ0n) is 12.6. The Balaban J connectivity index is 1.98. The first-order chi connectivity index (χ1) is 9.78. The molecule has 4 heteroatoms. The number of hydrogen-bond acceptors (Lipinski definition) is 3. The van der Waals surface area contributed by atoms with E-state index in [1.807, 2.05) is 6.92 Å². The molecule has 1 N–H and O–H groups in total. The molecule has 4 nitrogen and oxygen atoms in total. The van der Waals surface area contributed by atoms with Crippen LogP contribution in [0.1, 0.15) is 50.5 Å². The highest BCUT2D eigenvalue weighted by Gasteiger charge is 2.17. The lowest BCUT2D eigenvalue weighted by Crippen LogP contribution is -2.30. The normalized spacial score (nSPS) is 16.0. The Kier molecular flexibility index (Phi) is 3.90. The summed E-state index contributed by atoms with van der Waals surface area (Å²) in [7, 11) is 0. The van der Waals surface area contributed by atoms with Crippen molar-refractivity contribution < 1.29 is 0 Å². The van der Waals surface area contributed by atoms with Gasteiger partial charge in [-0.3, -0.25) is 0 Å². The lowest BCUT2D eigenvalue weighted by molar-refractivity contribution is 0.574. The first-order valence-corrected chi connectivity index (χ1v) is 7.89. The SMILES string of the molecule is CCCCc1cc2nc(C)nc(N3CCCCC3)c2[nH]1. The van der Waals surface area contributed by atoms with Gasteiger partial charge in [0.05, 0.1) is 5.52 Å². The molecule has 0 spiro atoms. The van der Waals surface area contributed by atoms with E-state index < -0.39 is 0 Å². The summed E-state index contributed by atoms with van der Waals surface area (Å²) < 4.78 is 0. The van der Waals surface area contributed by atoms with Crippen LogP contribution in [0.5, 0.6) is 0 Å². The Morgan fingerprint density at radius 1 is 1.20 bits per heavy atom. The van der Waals surface area contributed by atoms with E-state index in [2.05, 4.69) is 27.9 Å². The number of aromatic nitrogens is 3. The fourth-order valence-corrected chi connectivity index (χ4v) is 3.00. The van der Waals surface area contributed by atoms with Gasteiger partial charge in [-0.25, -0.2) is 9.97 Å². The van der Waals surface area contributed by atoms with Crippen molar-refractivity contribution in [1.29, 1.82) is 0 Å². The Bertz CT molecular complexity index is 581. The third-order valence-electron chi connectivity index (χ3n) is 4.08. The van der Waals surface area contributed by atoms with Crippen LogP contribution >= 0.6 is 0 Å². The Hall–Kier alpha value is -1.58. The van der Waals surface area contributed by atoms with E-state index >= 15 is 0 Å². The topological polar surface area (TPSA) is 44.8 Å². The third-order valence-corrected chi connectivity index (χ3v) is 4.08. The first kappa shape index (κ1) is 13.4. The summed E-state index contributed by atoms with van der Waals surface area (Å²) in [6.07, 6.45) is 7.43. The average molecular weight is 272 g/mol. The summed E-state index contributed by atoms with van der Waals surface area (Å²) in [4.78, 5) is 15.3. The van der Waals surface area contributed by atoms with E-state index in [1.165, 1.54) is 37.8 Å². The Morgan fingerprint density at radius 3 is 2.75 bits per heavy atom. The number of nitrogens with zero attached hydrogens (tertiary/aromatic N) is 3. The van der Waals surface area contributed by atoms with Crippen molar-refractivity contribution in [1.82, 2.24) is 15.0 Å². The van der Waals surface area contributed by atoms with E-state index in [4.69, 9.17) is 4.98 Å². The summed E-state index contributed by atoms with van der Waals surface area (Å²) in [5.74, 6) is 1.98. The van der Waals surface area contributed by atoms with Gasteiger partial charge in [-0.15, -0.1) is 0 Å². The van der Waals surface area contributed by atoms with Crippen LogP contribution in [-0.2, 0) is 6.42 Å². The van der Waals surface area contributed by atoms with E-state index in [9.17, 15) is 0 Å². The van der Waals surface area contributed by atoms with Gasteiger partial charge in [-0.05, 0) is 45.1 Å². The molecule has 2 aromatic heterocycles. The molecule has 0 radical (unpaired) electrons. The van der Waals surface area contributed by atoms with Crippen LogP contribution < -0.4 is 4.90 Å². The summed E-state index contributed by atoms with van der Waals surface area (Å²) in [5.41, 5.74) is 3.49. The van der Waals surface area contributed by atoms with Crippen LogP contribution in [0.15, 0.2) is 6.07 Å². The Morgan fingerprint density at radius 2 is 2.00 bits per heavy atom. The van der Waals surface area contributed by atoms with Gasteiger partial charge in [-0.2, -0.15) is 0 Å². The van der Waals surface area contributed by atoms with Crippen molar-refractivity contribution in [2.45, 2.75) is 52.4 Å². The van der Waals surface area contributed by atoms with Crippen LogP contribution in [0, 0.1) is 6.92 Å². The third kappa shape index (κ3) is 2.65. The molecule has 0 saturated carbocycles. The minimum atomic E-state index is 0.874. The molecule has 3 rings (SSSR count). The minimum absolute atomic E-state index is 0.874. The average Bonchev–Trinajstić information content (AvgIpc) is 2.87. The number of anilines is 1. The zero-order chi connectivity index (χ0) is 13.9. The molecule has 1 aliphatic heterocycles. The highest BCUT2D eigenvalue weighted by Crippen LogP contribution is 2.27. The van der Waals surface area contributed by atoms with Crippen molar-refractivity contribution in [2.24, 2.45) is 0 Å². The predicted octanol–water partition coefficient (Wildman–Crippen LogP) is 3.60. The number of fused-ring (bicyclic) bond motifs is 1. The van der Waals surface area contributed by atoms with Gasteiger partial charge in [0.1, 0.15) is 11.3 Å². The van der Waals surface area contributed by atoms with Crippen LogP contribution in [0.3, 0.4) is 0 Å². The number of hydrogen-bond donors (Lipinski definition) is 1. The fourth-order valence-electron chi connectivity index (χ4n) is 3.00. The van der Waals surface area contributed by atoms with Crippen molar-refractivity contribution in [3.8, 4) is 0 Å². The number of nitrogens with one attached hydrogen (secondary N) is 1. The molecular weight excluding hydrogens is 248 g/mol. The lowest BCUT2D eigenvalue weighted by Gasteiger charge is -2.28. The van der Waals surface area contributed by atoms with E-state index in [1.54, 1.807) is 0 Å². The molecular formula is C16H24N4. The Labute approximate surface area is 120 Å². The number of piperidine rings is 1. The van der Waals surface area contributed by atoms with Gasteiger partial charge in [0.25, 0.3) is 0 Å².